The number of hydrogen-bond acceptors (Lipinski definition) is 4. The van der Waals surface area contributed by atoms with Crippen LogP contribution in [0.2, 0.25) is 0 Å². The SMILES string of the molecule is CCOc1ccccc1OCCCC(=O)N[C@H](C)[C@H](O)c1ccc(Br)cc1. The highest BCUT2D eigenvalue weighted by atomic mass is 79.9. The van der Waals surface area contributed by atoms with E-state index in [1.807, 2.05) is 55.5 Å². The number of rotatable bonds is 10. The van der Waals surface area contributed by atoms with Crippen LogP contribution in [0.5, 0.6) is 11.5 Å². The van der Waals surface area contributed by atoms with Crippen molar-refractivity contribution in [2.75, 3.05) is 13.2 Å². The largest absolute Gasteiger partial charge is 0.490 e. The normalized spacial score (nSPS) is 12.9. The van der Waals surface area contributed by atoms with Crippen molar-refractivity contribution in [2.24, 2.45) is 0 Å². The summed E-state index contributed by atoms with van der Waals surface area (Å²) in [6.45, 7) is 4.70. The number of aliphatic hydroxyl groups excluding tert-OH is 1. The summed E-state index contributed by atoms with van der Waals surface area (Å²) in [4.78, 5) is 12.1. The van der Waals surface area contributed by atoms with Crippen LogP contribution in [0.1, 0.15) is 38.4 Å². The average Bonchev–Trinajstić information content (AvgIpc) is 2.66. The fourth-order valence-electron chi connectivity index (χ4n) is 2.61. The summed E-state index contributed by atoms with van der Waals surface area (Å²) in [6, 6.07) is 14.5. The molecule has 0 heterocycles. The molecule has 2 rings (SSSR count). The van der Waals surface area contributed by atoms with Gasteiger partial charge in [0.05, 0.1) is 25.4 Å². The lowest BCUT2D eigenvalue weighted by Gasteiger charge is -2.21. The Morgan fingerprint density at radius 1 is 1.11 bits per heavy atom. The number of carbonyl (C=O) groups excluding carboxylic acids is 1. The van der Waals surface area contributed by atoms with Crippen molar-refractivity contribution in [1.29, 1.82) is 0 Å². The molecule has 0 aliphatic carbocycles. The molecular weight excluding hydrogens is 410 g/mol. The van der Waals surface area contributed by atoms with Gasteiger partial charge in [0.2, 0.25) is 5.91 Å². The molecule has 2 aromatic rings. The quantitative estimate of drug-likeness (QED) is 0.547. The Hall–Kier alpha value is -2.05. The number of ether oxygens (including phenoxy) is 2. The van der Waals surface area contributed by atoms with Gasteiger partial charge in [0.1, 0.15) is 0 Å². The minimum atomic E-state index is -0.753. The van der Waals surface area contributed by atoms with E-state index >= 15 is 0 Å². The maximum absolute atomic E-state index is 12.1. The van der Waals surface area contributed by atoms with Crippen LogP contribution in [0.3, 0.4) is 0 Å². The van der Waals surface area contributed by atoms with Gasteiger partial charge in [0, 0.05) is 10.9 Å². The van der Waals surface area contributed by atoms with Crippen molar-refractivity contribution in [1.82, 2.24) is 5.32 Å². The molecule has 0 saturated heterocycles. The number of carbonyl (C=O) groups is 1. The van der Waals surface area contributed by atoms with E-state index in [0.717, 1.165) is 10.0 Å². The predicted octanol–water partition coefficient (Wildman–Crippen LogP) is 4.25. The monoisotopic (exact) mass is 435 g/mol. The Morgan fingerprint density at radius 3 is 2.37 bits per heavy atom. The summed E-state index contributed by atoms with van der Waals surface area (Å²) >= 11 is 3.37. The first-order valence-corrected chi connectivity index (χ1v) is 9.88. The third-order valence-electron chi connectivity index (χ3n) is 4.03. The van der Waals surface area contributed by atoms with Gasteiger partial charge in [0.25, 0.3) is 0 Å². The summed E-state index contributed by atoms with van der Waals surface area (Å²) < 4.78 is 12.2. The van der Waals surface area contributed by atoms with Crippen LogP contribution in [-0.4, -0.2) is 30.3 Å². The molecule has 0 unspecified atom stereocenters. The summed E-state index contributed by atoms with van der Waals surface area (Å²) in [5.74, 6) is 1.27. The summed E-state index contributed by atoms with van der Waals surface area (Å²) in [5.41, 5.74) is 0.766. The fourth-order valence-corrected chi connectivity index (χ4v) is 2.88. The first kappa shape index (κ1) is 21.3. The van der Waals surface area contributed by atoms with Gasteiger partial charge in [-0.05, 0) is 50.1 Å². The third-order valence-corrected chi connectivity index (χ3v) is 4.56. The van der Waals surface area contributed by atoms with Gasteiger partial charge in [-0.15, -0.1) is 0 Å². The van der Waals surface area contributed by atoms with Gasteiger partial charge in [-0.3, -0.25) is 4.79 Å². The van der Waals surface area contributed by atoms with Crippen molar-refractivity contribution in [3.8, 4) is 11.5 Å². The third kappa shape index (κ3) is 6.88. The predicted molar refractivity (Wildman–Crippen MR) is 109 cm³/mol. The molecule has 2 aromatic carbocycles. The molecule has 0 bridgehead atoms. The second-order valence-corrected chi connectivity index (χ2v) is 7.10. The highest BCUT2D eigenvalue weighted by Crippen LogP contribution is 2.26. The second-order valence-electron chi connectivity index (χ2n) is 6.18. The summed E-state index contributed by atoms with van der Waals surface area (Å²) in [7, 11) is 0. The Labute approximate surface area is 168 Å². The number of aliphatic hydroxyl groups is 1. The highest BCUT2D eigenvalue weighted by molar-refractivity contribution is 9.10. The Kier molecular flexibility index (Phi) is 8.61. The van der Waals surface area contributed by atoms with Crippen LogP contribution in [0.15, 0.2) is 53.0 Å². The van der Waals surface area contributed by atoms with Gasteiger partial charge in [-0.25, -0.2) is 0 Å². The van der Waals surface area contributed by atoms with Crippen molar-refractivity contribution in [3.05, 3.63) is 58.6 Å². The maximum Gasteiger partial charge on any atom is 0.220 e. The number of para-hydroxylation sites is 2. The van der Waals surface area contributed by atoms with Gasteiger partial charge in [0.15, 0.2) is 11.5 Å². The van der Waals surface area contributed by atoms with Crippen molar-refractivity contribution < 1.29 is 19.4 Å². The van der Waals surface area contributed by atoms with Crippen LogP contribution >= 0.6 is 15.9 Å². The Morgan fingerprint density at radius 2 is 1.74 bits per heavy atom. The minimum absolute atomic E-state index is 0.111. The van der Waals surface area contributed by atoms with Crippen LogP contribution in [0.25, 0.3) is 0 Å². The molecule has 0 aliphatic heterocycles. The summed E-state index contributed by atoms with van der Waals surface area (Å²) in [6.07, 6.45) is 0.151. The zero-order valence-electron chi connectivity index (χ0n) is 15.7. The maximum atomic E-state index is 12.1. The van der Waals surface area contributed by atoms with Gasteiger partial charge < -0.3 is 19.9 Å². The number of nitrogens with one attached hydrogen (secondary N) is 1. The van der Waals surface area contributed by atoms with Crippen molar-refractivity contribution in [3.63, 3.8) is 0 Å². The second kappa shape index (κ2) is 10.9. The molecule has 2 N–H and O–H groups in total. The number of amides is 1. The van der Waals surface area contributed by atoms with Crippen molar-refractivity contribution in [2.45, 2.75) is 38.8 Å². The lowest BCUT2D eigenvalue weighted by molar-refractivity contribution is -0.122. The van der Waals surface area contributed by atoms with E-state index in [-0.39, 0.29) is 11.9 Å². The average molecular weight is 436 g/mol. The molecule has 5 nitrogen and oxygen atoms in total. The molecule has 6 heteroatoms. The lowest BCUT2D eigenvalue weighted by Crippen LogP contribution is -2.37. The van der Waals surface area contributed by atoms with E-state index in [0.29, 0.717) is 37.6 Å². The first-order chi connectivity index (χ1) is 13.0. The highest BCUT2D eigenvalue weighted by Gasteiger charge is 2.18. The van der Waals surface area contributed by atoms with Crippen LogP contribution in [-0.2, 0) is 4.79 Å². The number of benzene rings is 2. The van der Waals surface area contributed by atoms with E-state index in [1.165, 1.54) is 0 Å². The molecule has 146 valence electrons. The van der Waals surface area contributed by atoms with Gasteiger partial charge >= 0.3 is 0 Å². The lowest BCUT2D eigenvalue weighted by atomic mass is 10.0. The van der Waals surface area contributed by atoms with E-state index in [4.69, 9.17) is 9.47 Å². The van der Waals surface area contributed by atoms with Crippen molar-refractivity contribution >= 4 is 21.8 Å². The number of halogens is 1. The molecule has 2 atom stereocenters. The van der Waals surface area contributed by atoms with Gasteiger partial charge in [-0.2, -0.15) is 0 Å². The minimum Gasteiger partial charge on any atom is -0.490 e. The molecule has 0 spiro atoms. The smallest absolute Gasteiger partial charge is 0.220 e. The fraction of sp³-hybridized carbons (Fsp3) is 0.381. The van der Waals surface area contributed by atoms with Crippen LogP contribution in [0, 0.1) is 0 Å². The molecule has 1 amide bonds. The van der Waals surface area contributed by atoms with Gasteiger partial charge in [-0.1, -0.05) is 40.2 Å². The summed E-state index contributed by atoms with van der Waals surface area (Å²) in [5, 5.41) is 13.2. The molecule has 0 saturated carbocycles. The number of hydrogen-bond donors (Lipinski definition) is 2. The van der Waals surface area contributed by atoms with E-state index < -0.39 is 6.10 Å². The molecular formula is C21H26BrNO4. The standard InChI is InChI=1S/C21H26BrNO4/c1-3-26-18-7-4-5-8-19(18)27-14-6-9-20(24)23-15(2)21(25)16-10-12-17(22)13-11-16/h4-5,7-8,10-13,15,21,25H,3,6,9,14H2,1-2H3,(H,23,24)/t15-,21+/m1/s1. The van der Waals surface area contributed by atoms with E-state index in [1.54, 1.807) is 6.92 Å². The molecule has 0 radical (unpaired) electrons. The zero-order valence-corrected chi connectivity index (χ0v) is 17.2. The zero-order chi connectivity index (χ0) is 19.6. The molecule has 0 aromatic heterocycles. The van der Waals surface area contributed by atoms with E-state index in [9.17, 15) is 9.90 Å². The molecule has 27 heavy (non-hydrogen) atoms. The first-order valence-electron chi connectivity index (χ1n) is 9.08. The molecule has 0 fully saturated rings. The topological polar surface area (TPSA) is 67.8 Å². The van der Waals surface area contributed by atoms with Crippen LogP contribution < -0.4 is 14.8 Å². The van der Waals surface area contributed by atoms with E-state index in [2.05, 4.69) is 21.2 Å². The molecule has 0 aliphatic rings. The Balaban J connectivity index is 1.73. The Bertz CT molecular complexity index is 720. The van der Waals surface area contributed by atoms with Crippen LogP contribution in [0.4, 0.5) is 0 Å².